The van der Waals surface area contributed by atoms with Gasteiger partial charge in [0.1, 0.15) is 11.8 Å². The van der Waals surface area contributed by atoms with E-state index in [1.807, 2.05) is 18.2 Å². The molecule has 0 aromatic heterocycles. The van der Waals surface area contributed by atoms with Crippen LogP contribution < -0.4 is 15.0 Å². The molecule has 0 radical (unpaired) electrons. The second-order valence-electron chi connectivity index (χ2n) is 5.93. The van der Waals surface area contributed by atoms with Gasteiger partial charge in [-0.15, -0.1) is 0 Å². The number of piperidine rings is 1. The maximum absolute atomic E-state index is 9.39. The normalized spacial score (nSPS) is 15.8. The number of nitrogens with one attached hydrogen (secondary N) is 1. The van der Waals surface area contributed by atoms with Crippen LogP contribution in [0.15, 0.2) is 18.2 Å². The van der Waals surface area contributed by atoms with Crippen molar-refractivity contribution in [2.75, 3.05) is 31.6 Å². The lowest BCUT2D eigenvalue weighted by Crippen LogP contribution is -2.39. The van der Waals surface area contributed by atoms with Crippen LogP contribution in [0.3, 0.4) is 0 Å². The van der Waals surface area contributed by atoms with Gasteiger partial charge in [-0.3, -0.25) is 0 Å². The van der Waals surface area contributed by atoms with Crippen molar-refractivity contribution in [3.05, 3.63) is 23.8 Å². The Morgan fingerprint density at radius 2 is 2.10 bits per heavy atom. The number of nitriles is 1. The molecule has 2 rings (SSSR count). The molecule has 4 nitrogen and oxygen atoms in total. The summed E-state index contributed by atoms with van der Waals surface area (Å²) in [5.41, 5.74) is 1.71. The first-order valence-electron chi connectivity index (χ1n) is 7.71. The first-order valence-corrected chi connectivity index (χ1v) is 7.71. The second-order valence-corrected chi connectivity index (χ2v) is 5.93. The standard InChI is InChI=1S/C17H25N3O/c1-13(2)20(12-14-6-8-19-9-7-14)17-10-16(21-3)5-4-15(17)11-18/h4-5,10,13-14,19H,6-9,12H2,1-3H3. The van der Waals surface area contributed by atoms with E-state index in [2.05, 4.69) is 30.1 Å². The molecule has 0 amide bonds. The van der Waals surface area contributed by atoms with Crippen LogP contribution in [0.2, 0.25) is 0 Å². The van der Waals surface area contributed by atoms with Crippen LogP contribution in [0, 0.1) is 17.2 Å². The zero-order chi connectivity index (χ0) is 15.2. The molecule has 1 fully saturated rings. The van der Waals surface area contributed by atoms with Gasteiger partial charge in [0, 0.05) is 18.7 Å². The third kappa shape index (κ3) is 3.89. The molecule has 21 heavy (non-hydrogen) atoms. The molecule has 0 aliphatic carbocycles. The molecule has 1 aliphatic heterocycles. The van der Waals surface area contributed by atoms with Gasteiger partial charge >= 0.3 is 0 Å². The molecular weight excluding hydrogens is 262 g/mol. The molecule has 1 N–H and O–H groups in total. The van der Waals surface area contributed by atoms with E-state index in [0.717, 1.165) is 36.6 Å². The van der Waals surface area contributed by atoms with Crippen molar-refractivity contribution in [1.82, 2.24) is 5.32 Å². The smallest absolute Gasteiger partial charge is 0.121 e. The van der Waals surface area contributed by atoms with Crippen LogP contribution in [0.4, 0.5) is 5.69 Å². The number of hydrogen-bond acceptors (Lipinski definition) is 4. The Hall–Kier alpha value is -1.73. The van der Waals surface area contributed by atoms with Gasteiger partial charge in [0.15, 0.2) is 0 Å². The fraction of sp³-hybridized carbons (Fsp3) is 0.588. The number of anilines is 1. The maximum Gasteiger partial charge on any atom is 0.121 e. The van der Waals surface area contributed by atoms with Gasteiger partial charge in [-0.1, -0.05) is 0 Å². The Kier molecular flexibility index (Phi) is 5.46. The van der Waals surface area contributed by atoms with Crippen LogP contribution in [-0.2, 0) is 0 Å². The first-order chi connectivity index (χ1) is 10.2. The van der Waals surface area contributed by atoms with Gasteiger partial charge in [0.2, 0.25) is 0 Å². The fourth-order valence-electron chi connectivity index (χ4n) is 2.90. The summed E-state index contributed by atoms with van der Waals surface area (Å²) in [6.07, 6.45) is 2.41. The first kappa shape index (κ1) is 15.7. The zero-order valence-electron chi connectivity index (χ0n) is 13.2. The highest BCUT2D eigenvalue weighted by Crippen LogP contribution is 2.29. The van der Waals surface area contributed by atoms with Crippen molar-refractivity contribution in [3.8, 4) is 11.8 Å². The Morgan fingerprint density at radius 3 is 2.67 bits per heavy atom. The predicted octanol–water partition coefficient (Wildman–Crippen LogP) is 2.78. The maximum atomic E-state index is 9.39. The van der Waals surface area contributed by atoms with Crippen LogP contribution in [0.5, 0.6) is 5.75 Å². The molecule has 0 atom stereocenters. The Labute approximate surface area is 127 Å². The lowest BCUT2D eigenvalue weighted by atomic mass is 9.96. The van der Waals surface area contributed by atoms with Crippen molar-refractivity contribution >= 4 is 5.69 Å². The molecule has 0 unspecified atom stereocenters. The number of rotatable bonds is 5. The minimum atomic E-state index is 0.360. The van der Waals surface area contributed by atoms with Gasteiger partial charge < -0.3 is 15.0 Å². The van der Waals surface area contributed by atoms with E-state index in [4.69, 9.17) is 4.74 Å². The van der Waals surface area contributed by atoms with Crippen molar-refractivity contribution in [2.24, 2.45) is 5.92 Å². The predicted molar refractivity (Wildman–Crippen MR) is 85.8 cm³/mol. The Morgan fingerprint density at radius 1 is 1.38 bits per heavy atom. The van der Waals surface area contributed by atoms with E-state index in [9.17, 15) is 5.26 Å². The number of nitrogens with zero attached hydrogens (tertiary/aromatic N) is 2. The van der Waals surface area contributed by atoms with Gasteiger partial charge in [0.25, 0.3) is 0 Å². The third-order valence-corrected chi connectivity index (χ3v) is 4.17. The summed E-state index contributed by atoms with van der Waals surface area (Å²) in [6.45, 7) is 7.56. The van der Waals surface area contributed by atoms with Gasteiger partial charge in [-0.25, -0.2) is 0 Å². The molecule has 0 spiro atoms. The molecule has 1 saturated heterocycles. The van der Waals surface area contributed by atoms with E-state index in [0.29, 0.717) is 12.0 Å². The summed E-state index contributed by atoms with van der Waals surface area (Å²) in [5.74, 6) is 1.49. The molecular formula is C17H25N3O. The fourth-order valence-corrected chi connectivity index (χ4v) is 2.90. The third-order valence-electron chi connectivity index (χ3n) is 4.17. The Balaban J connectivity index is 2.26. The van der Waals surface area contributed by atoms with Gasteiger partial charge in [-0.2, -0.15) is 5.26 Å². The average molecular weight is 287 g/mol. The van der Waals surface area contributed by atoms with Crippen LogP contribution >= 0.6 is 0 Å². The molecule has 1 aromatic rings. The summed E-state index contributed by atoms with van der Waals surface area (Å²) in [6, 6.07) is 8.36. The van der Waals surface area contributed by atoms with Gasteiger partial charge in [-0.05, 0) is 57.8 Å². The van der Waals surface area contributed by atoms with E-state index in [-0.39, 0.29) is 0 Å². The summed E-state index contributed by atoms with van der Waals surface area (Å²) >= 11 is 0. The van der Waals surface area contributed by atoms with Crippen LogP contribution in [-0.4, -0.2) is 32.8 Å². The van der Waals surface area contributed by atoms with Crippen LogP contribution in [0.25, 0.3) is 0 Å². The second kappa shape index (κ2) is 7.33. The highest BCUT2D eigenvalue weighted by molar-refractivity contribution is 5.62. The molecule has 114 valence electrons. The summed E-state index contributed by atoms with van der Waals surface area (Å²) in [4.78, 5) is 2.34. The van der Waals surface area contributed by atoms with Crippen molar-refractivity contribution < 1.29 is 4.74 Å². The zero-order valence-corrected chi connectivity index (χ0v) is 13.2. The summed E-state index contributed by atoms with van der Waals surface area (Å²) in [5, 5.41) is 12.8. The lowest BCUT2D eigenvalue weighted by Gasteiger charge is -2.35. The highest BCUT2D eigenvalue weighted by atomic mass is 16.5. The number of hydrogen-bond donors (Lipinski definition) is 1. The van der Waals surface area contributed by atoms with Gasteiger partial charge in [0.05, 0.1) is 18.4 Å². The lowest BCUT2D eigenvalue weighted by molar-refractivity contribution is 0.367. The SMILES string of the molecule is COc1ccc(C#N)c(N(CC2CCNCC2)C(C)C)c1. The minimum absolute atomic E-state index is 0.360. The molecule has 1 aromatic carbocycles. The average Bonchev–Trinajstić information content (AvgIpc) is 2.52. The summed E-state index contributed by atoms with van der Waals surface area (Å²) < 4.78 is 5.33. The van der Waals surface area contributed by atoms with Crippen LogP contribution in [0.1, 0.15) is 32.3 Å². The highest BCUT2D eigenvalue weighted by Gasteiger charge is 2.21. The van der Waals surface area contributed by atoms with Crippen molar-refractivity contribution in [1.29, 1.82) is 5.26 Å². The van der Waals surface area contributed by atoms with E-state index in [1.165, 1.54) is 12.8 Å². The van der Waals surface area contributed by atoms with Crippen molar-refractivity contribution in [3.63, 3.8) is 0 Å². The summed E-state index contributed by atoms with van der Waals surface area (Å²) in [7, 11) is 1.66. The van der Waals surface area contributed by atoms with E-state index < -0.39 is 0 Å². The number of ether oxygens (including phenoxy) is 1. The molecule has 0 bridgehead atoms. The Bertz CT molecular complexity index is 501. The molecule has 0 saturated carbocycles. The number of benzene rings is 1. The topological polar surface area (TPSA) is 48.3 Å². The van der Waals surface area contributed by atoms with E-state index >= 15 is 0 Å². The number of methoxy groups -OCH3 is 1. The largest absolute Gasteiger partial charge is 0.497 e. The monoisotopic (exact) mass is 287 g/mol. The van der Waals surface area contributed by atoms with E-state index in [1.54, 1.807) is 7.11 Å². The molecule has 1 heterocycles. The quantitative estimate of drug-likeness (QED) is 0.904. The van der Waals surface area contributed by atoms with Crippen molar-refractivity contribution in [2.45, 2.75) is 32.7 Å². The molecule has 1 aliphatic rings. The molecule has 4 heteroatoms. The minimum Gasteiger partial charge on any atom is -0.497 e.